The van der Waals surface area contributed by atoms with Gasteiger partial charge in [-0.1, -0.05) is 6.07 Å². The van der Waals surface area contributed by atoms with Crippen molar-refractivity contribution in [3.8, 4) is 10.6 Å². The molecule has 2 aromatic heterocycles. The van der Waals surface area contributed by atoms with Crippen molar-refractivity contribution in [3.05, 3.63) is 29.3 Å². The predicted molar refractivity (Wildman–Crippen MR) is 87.8 cm³/mol. The van der Waals surface area contributed by atoms with E-state index in [2.05, 4.69) is 44.4 Å². The molecule has 3 atom stereocenters. The standard InChI is InChI=1S/C16H22N4OS/c1-11-7-20-10-14(21)5-13(20)9-19(11)8-12-6-17-18-16(12)15-3-2-4-22-15/h2-4,6,11,13-14,21H,5,7-10H2,1H3,(H,17,18)/t11-,13-,14-/m1/s1. The van der Waals surface area contributed by atoms with Crippen molar-refractivity contribution in [1.29, 1.82) is 0 Å². The molecule has 4 rings (SSSR count). The number of aliphatic hydroxyl groups excluding tert-OH is 1. The largest absolute Gasteiger partial charge is 0.392 e. The van der Waals surface area contributed by atoms with Crippen molar-refractivity contribution in [2.24, 2.45) is 0 Å². The topological polar surface area (TPSA) is 55.4 Å². The first-order valence-electron chi connectivity index (χ1n) is 7.93. The number of thiophene rings is 1. The van der Waals surface area contributed by atoms with Gasteiger partial charge in [0, 0.05) is 43.8 Å². The maximum atomic E-state index is 9.88. The highest BCUT2D eigenvalue weighted by Crippen LogP contribution is 2.30. The van der Waals surface area contributed by atoms with Crippen LogP contribution in [0.3, 0.4) is 0 Å². The van der Waals surface area contributed by atoms with Crippen molar-refractivity contribution in [3.63, 3.8) is 0 Å². The molecule has 6 heteroatoms. The Hall–Kier alpha value is -1.21. The Labute approximate surface area is 134 Å². The van der Waals surface area contributed by atoms with Crippen LogP contribution >= 0.6 is 11.3 Å². The van der Waals surface area contributed by atoms with Crippen LogP contribution in [0.1, 0.15) is 18.9 Å². The number of aliphatic hydroxyl groups is 1. The van der Waals surface area contributed by atoms with Crippen LogP contribution in [0.4, 0.5) is 0 Å². The second-order valence-corrected chi connectivity index (χ2v) is 7.47. The second kappa shape index (κ2) is 5.77. The zero-order valence-corrected chi connectivity index (χ0v) is 13.6. The van der Waals surface area contributed by atoms with E-state index in [-0.39, 0.29) is 6.10 Å². The zero-order valence-electron chi connectivity index (χ0n) is 12.8. The molecule has 0 amide bonds. The summed E-state index contributed by atoms with van der Waals surface area (Å²) in [6.45, 7) is 6.13. The Balaban J connectivity index is 1.51. The lowest BCUT2D eigenvalue weighted by atomic mass is 10.1. The molecule has 22 heavy (non-hydrogen) atoms. The number of H-pyrrole nitrogens is 1. The number of fused-ring (bicyclic) bond motifs is 1. The molecule has 2 fully saturated rings. The Morgan fingerprint density at radius 1 is 1.41 bits per heavy atom. The lowest BCUT2D eigenvalue weighted by Crippen LogP contribution is -2.54. The molecule has 2 aromatic rings. The van der Waals surface area contributed by atoms with Gasteiger partial charge in [-0.2, -0.15) is 5.10 Å². The fourth-order valence-corrected chi connectivity index (χ4v) is 4.54. The summed E-state index contributed by atoms with van der Waals surface area (Å²) in [5.41, 5.74) is 2.41. The number of nitrogens with zero attached hydrogens (tertiary/aromatic N) is 3. The Kier molecular flexibility index (Phi) is 3.78. The van der Waals surface area contributed by atoms with Crippen LogP contribution in [0.15, 0.2) is 23.7 Å². The Morgan fingerprint density at radius 3 is 3.14 bits per heavy atom. The number of nitrogens with one attached hydrogen (secondary N) is 1. The summed E-state index contributed by atoms with van der Waals surface area (Å²) in [7, 11) is 0. The summed E-state index contributed by atoms with van der Waals surface area (Å²) in [5, 5.41) is 19.4. The van der Waals surface area contributed by atoms with Gasteiger partial charge in [0.1, 0.15) is 0 Å². The van der Waals surface area contributed by atoms with E-state index in [4.69, 9.17) is 0 Å². The highest BCUT2D eigenvalue weighted by Gasteiger charge is 2.38. The van der Waals surface area contributed by atoms with Gasteiger partial charge in [-0.3, -0.25) is 14.9 Å². The number of rotatable bonds is 3. The van der Waals surface area contributed by atoms with Gasteiger partial charge in [-0.15, -0.1) is 11.3 Å². The second-order valence-electron chi connectivity index (χ2n) is 6.52. The molecule has 4 heterocycles. The van der Waals surface area contributed by atoms with E-state index in [1.165, 1.54) is 10.4 Å². The van der Waals surface area contributed by atoms with E-state index in [1.54, 1.807) is 11.3 Å². The molecule has 0 spiro atoms. The molecule has 2 aliphatic rings. The Morgan fingerprint density at radius 2 is 2.32 bits per heavy atom. The van der Waals surface area contributed by atoms with Gasteiger partial charge >= 0.3 is 0 Å². The molecular weight excluding hydrogens is 296 g/mol. The van der Waals surface area contributed by atoms with Crippen LogP contribution < -0.4 is 0 Å². The van der Waals surface area contributed by atoms with E-state index in [1.807, 2.05) is 6.20 Å². The Bertz CT molecular complexity index is 626. The van der Waals surface area contributed by atoms with Crippen LogP contribution in [0.25, 0.3) is 10.6 Å². The maximum absolute atomic E-state index is 9.88. The fraction of sp³-hybridized carbons (Fsp3) is 0.562. The van der Waals surface area contributed by atoms with Crippen LogP contribution in [0.2, 0.25) is 0 Å². The minimum Gasteiger partial charge on any atom is -0.392 e. The molecule has 0 radical (unpaired) electrons. The van der Waals surface area contributed by atoms with E-state index >= 15 is 0 Å². The maximum Gasteiger partial charge on any atom is 0.0794 e. The number of hydrogen-bond acceptors (Lipinski definition) is 5. The molecule has 0 saturated carbocycles. The third kappa shape index (κ3) is 2.60. The molecule has 0 aliphatic carbocycles. The van der Waals surface area contributed by atoms with Gasteiger partial charge < -0.3 is 5.11 Å². The highest BCUT2D eigenvalue weighted by atomic mass is 32.1. The normalized spacial score (nSPS) is 29.8. The summed E-state index contributed by atoms with van der Waals surface area (Å²) in [6, 6.07) is 5.22. The zero-order chi connectivity index (χ0) is 15.1. The molecule has 118 valence electrons. The highest BCUT2D eigenvalue weighted by molar-refractivity contribution is 7.13. The van der Waals surface area contributed by atoms with E-state index in [0.29, 0.717) is 12.1 Å². The lowest BCUT2D eigenvalue weighted by molar-refractivity contribution is 0.0530. The third-order valence-electron chi connectivity index (χ3n) is 4.93. The average molecular weight is 318 g/mol. The first kappa shape index (κ1) is 14.4. The van der Waals surface area contributed by atoms with Crippen molar-refractivity contribution in [2.45, 2.75) is 38.1 Å². The van der Waals surface area contributed by atoms with Gasteiger partial charge in [0.25, 0.3) is 0 Å². The fourth-order valence-electron chi connectivity index (χ4n) is 3.78. The molecule has 0 aromatic carbocycles. The van der Waals surface area contributed by atoms with E-state index < -0.39 is 0 Å². The van der Waals surface area contributed by atoms with Gasteiger partial charge in [-0.25, -0.2) is 0 Å². The number of aromatic nitrogens is 2. The minimum absolute atomic E-state index is 0.146. The third-order valence-corrected chi connectivity index (χ3v) is 5.82. The van der Waals surface area contributed by atoms with Crippen molar-refractivity contribution < 1.29 is 5.11 Å². The van der Waals surface area contributed by atoms with Gasteiger partial charge in [0.2, 0.25) is 0 Å². The summed E-state index contributed by atoms with van der Waals surface area (Å²) in [5.74, 6) is 0. The first-order valence-corrected chi connectivity index (χ1v) is 8.81. The number of hydrogen-bond donors (Lipinski definition) is 2. The summed E-state index contributed by atoms with van der Waals surface area (Å²) in [4.78, 5) is 6.22. The molecule has 5 nitrogen and oxygen atoms in total. The van der Waals surface area contributed by atoms with Crippen LogP contribution in [0.5, 0.6) is 0 Å². The molecule has 0 unspecified atom stereocenters. The van der Waals surface area contributed by atoms with E-state index in [9.17, 15) is 5.11 Å². The quantitative estimate of drug-likeness (QED) is 0.906. The van der Waals surface area contributed by atoms with Crippen LogP contribution in [-0.2, 0) is 6.54 Å². The molecular formula is C16H22N4OS. The lowest BCUT2D eigenvalue weighted by Gasteiger charge is -2.42. The summed E-state index contributed by atoms with van der Waals surface area (Å²) in [6.07, 6.45) is 2.72. The molecule has 0 bridgehead atoms. The molecule has 2 N–H and O–H groups in total. The molecule has 2 saturated heterocycles. The first-order chi connectivity index (χ1) is 10.7. The monoisotopic (exact) mass is 318 g/mol. The van der Waals surface area contributed by atoms with E-state index in [0.717, 1.165) is 38.3 Å². The summed E-state index contributed by atoms with van der Waals surface area (Å²) < 4.78 is 0. The smallest absolute Gasteiger partial charge is 0.0794 e. The van der Waals surface area contributed by atoms with Crippen LogP contribution in [0, 0.1) is 0 Å². The number of aromatic amines is 1. The van der Waals surface area contributed by atoms with Crippen LogP contribution in [-0.4, -0.2) is 62.9 Å². The average Bonchev–Trinajstić information content (AvgIpc) is 3.18. The predicted octanol–water partition coefficient (Wildman–Crippen LogP) is 1.78. The number of piperazine rings is 1. The van der Waals surface area contributed by atoms with Gasteiger partial charge in [-0.05, 0) is 24.8 Å². The molecule has 2 aliphatic heterocycles. The van der Waals surface area contributed by atoms with Crippen molar-refractivity contribution in [1.82, 2.24) is 20.0 Å². The van der Waals surface area contributed by atoms with Crippen molar-refractivity contribution >= 4 is 11.3 Å². The van der Waals surface area contributed by atoms with Crippen molar-refractivity contribution in [2.75, 3.05) is 19.6 Å². The SMILES string of the molecule is C[C@@H]1CN2C[C@H](O)C[C@@H]2CN1Cc1cn[nH]c1-c1cccs1. The van der Waals surface area contributed by atoms with Gasteiger partial charge in [0.05, 0.1) is 22.9 Å². The summed E-state index contributed by atoms with van der Waals surface area (Å²) >= 11 is 1.74. The van der Waals surface area contributed by atoms with Gasteiger partial charge in [0.15, 0.2) is 0 Å². The minimum atomic E-state index is -0.146.